The van der Waals surface area contributed by atoms with Gasteiger partial charge in [-0.25, -0.2) is 4.39 Å². The molecule has 2 aromatic carbocycles. The van der Waals surface area contributed by atoms with Crippen LogP contribution in [0, 0.1) is 36.6 Å². The number of terminal acetylenes is 1. The molecule has 0 heterocycles. The van der Waals surface area contributed by atoms with Crippen molar-refractivity contribution in [1.29, 1.82) is 5.26 Å². The molecule has 0 aliphatic rings. The molecule has 0 spiro atoms. The van der Waals surface area contributed by atoms with Crippen LogP contribution in [0.15, 0.2) is 36.4 Å². The fourth-order valence-electron chi connectivity index (χ4n) is 1.92. The molecular formula is C18H10FI2NO. The SMILES string of the molecule is C#CCOc1c(I)cc(/C=C(/C#N)c2cccc(F)c2)cc1I. The van der Waals surface area contributed by atoms with E-state index in [2.05, 4.69) is 57.2 Å². The van der Waals surface area contributed by atoms with Crippen molar-refractivity contribution in [3.63, 3.8) is 0 Å². The quantitative estimate of drug-likeness (QED) is 0.239. The highest BCUT2D eigenvalue weighted by molar-refractivity contribution is 14.1. The molecule has 0 amide bonds. The number of rotatable bonds is 4. The second-order valence-corrected chi connectivity index (χ2v) is 6.81. The molecule has 0 aromatic heterocycles. The van der Waals surface area contributed by atoms with Gasteiger partial charge in [0, 0.05) is 0 Å². The maximum absolute atomic E-state index is 13.3. The van der Waals surface area contributed by atoms with E-state index in [1.165, 1.54) is 12.1 Å². The molecule has 0 aliphatic carbocycles. The summed E-state index contributed by atoms with van der Waals surface area (Å²) in [5.41, 5.74) is 1.78. The van der Waals surface area contributed by atoms with Gasteiger partial charge in [0.25, 0.3) is 0 Å². The number of halogens is 3. The van der Waals surface area contributed by atoms with E-state index >= 15 is 0 Å². The highest BCUT2D eigenvalue weighted by Crippen LogP contribution is 2.30. The predicted octanol–water partition coefficient (Wildman–Crippen LogP) is 5.11. The number of nitrogens with zero attached hydrogens (tertiary/aromatic N) is 1. The third-order valence-electron chi connectivity index (χ3n) is 2.89. The first kappa shape index (κ1) is 17.8. The lowest BCUT2D eigenvalue weighted by atomic mass is 10.0. The highest BCUT2D eigenvalue weighted by atomic mass is 127. The van der Waals surface area contributed by atoms with Crippen molar-refractivity contribution in [2.24, 2.45) is 0 Å². The summed E-state index contributed by atoms with van der Waals surface area (Å²) >= 11 is 4.32. The summed E-state index contributed by atoms with van der Waals surface area (Å²) in [6, 6.07) is 11.9. The predicted molar refractivity (Wildman–Crippen MR) is 106 cm³/mol. The molecule has 0 atom stereocenters. The van der Waals surface area contributed by atoms with E-state index in [1.54, 1.807) is 18.2 Å². The molecule has 0 N–H and O–H groups in total. The molecule has 2 nitrogen and oxygen atoms in total. The molecular weight excluding hydrogens is 519 g/mol. The fraction of sp³-hybridized carbons (Fsp3) is 0.0556. The zero-order valence-corrected chi connectivity index (χ0v) is 16.1. The van der Waals surface area contributed by atoms with Gasteiger partial charge in [-0.2, -0.15) is 5.26 Å². The Morgan fingerprint density at radius 3 is 2.52 bits per heavy atom. The molecule has 23 heavy (non-hydrogen) atoms. The van der Waals surface area contributed by atoms with Crippen LogP contribution in [-0.2, 0) is 0 Å². The second-order valence-electron chi connectivity index (χ2n) is 4.49. The van der Waals surface area contributed by atoms with Gasteiger partial charge in [0.2, 0.25) is 0 Å². The van der Waals surface area contributed by atoms with Gasteiger partial charge in [-0.05, 0) is 86.7 Å². The Bertz CT molecular complexity index is 824. The Kier molecular flexibility index (Phi) is 6.43. The topological polar surface area (TPSA) is 33.0 Å². The molecule has 2 rings (SSSR count). The molecule has 0 saturated heterocycles. The number of hydrogen-bond acceptors (Lipinski definition) is 2. The third-order valence-corrected chi connectivity index (χ3v) is 4.49. The van der Waals surface area contributed by atoms with Gasteiger partial charge in [-0.3, -0.25) is 0 Å². The van der Waals surface area contributed by atoms with Crippen molar-refractivity contribution < 1.29 is 9.13 Å². The van der Waals surface area contributed by atoms with E-state index in [0.717, 1.165) is 18.5 Å². The van der Waals surface area contributed by atoms with Crippen molar-refractivity contribution in [1.82, 2.24) is 0 Å². The molecule has 0 unspecified atom stereocenters. The Hall–Kier alpha value is -1.58. The first-order valence-electron chi connectivity index (χ1n) is 6.48. The van der Waals surface area contributed by atoms with E-state index in [0.29, 0.717) is 11.1 Å². The van der Waals surface area contributed by atoms with Crippen LogP contribution in [-0.4, -0.2) is 6.61 Å². The summed E-state index contributed by atoms with van der Waals surface area (Å²) in [6.45, 7) is 0.202. The van der Waals surface area contributed by atoms with E-state index in [1.807, 2.05) is 12.1 Å². The number of benzene rings is 2. The van der Waals surface area contributed by atoms with Crippen LogP contribution in [0.3, 0.4) is 0 Å². The Morgan fingerprint density at radius 1 is 1.26 bits per heavy atom. The number of nitriles is 1. The van der Waals surface area contributed by atoms with Crippen LogP contribution in [0.1, 0.15) is 11.1 Å². The minimum absolute atomic E-state index is 0.202. The van der Waals surface area contributed by atoms with E-state index in [-0.39, 0.29) is 12.4 Å². The average molecular weight is 529 g/mol. The van der Waals surface area contributed by atoms with Crippen LogP contribution < -0.4 is 4.74 Å². The third kappa shape index (κ3) is 4.69. The molecule has 0 radical (unpaired) electrons. The molecule has 2 aromatic rings. The van der Waals surface area contributed by atoms with Crippen LogP contribution in [0.4, 0.5) is 4.39 Å². The normalized spacial score (nSPS) is 10.7. The van der Waals surface area contributed by atoms with E-state index < -0.39 is 0 Å². The molecule has 114 valence electrons. The van der Waals surface area contributed by atoms with Gasteiger partial charge in [0.05, 0.1) is 18.8 Å². The van der Waals surface area contributed by atoms with Crippen LogP contribution in [0.2, 0.25) is 0 Å². The second kappa shape index (κ2) is 8.32. The van der Waals surface area contributed by atoms with Crippen LogP contribution in [0.5, 0.6) is 5.75 Å². The summed E-state index contributed by atoms with van der Waals surface area (Å²) in [4.78, 5) is 0. The van der Waals surface area contributed by atoms with Crippen molar-refractivity contribution >= 4 is 56.8 Å². The monoisotopic (exact) mass is 529 g/mol. The van der Waals surface area contributed by atoms with E-state index in [4.69, 9.17) is 11.2 Å². The van der Waals surface area contributed by atoms with Crippen molar-refractivity contribution in [2.75, 3.05) is 6.61 Å². The fourth-order valence-corrected chi connectivity index (χ4v) is 4.05. The first-order valence-corrected chi connectivity index (χ1v) is 8.64. The maximum Gasteiger partial charge on any atom is 0.148 e. The Balaban J connectivity index is 2.42. The van der Waals surface area contributed by atoms with Crippen molar-refractivity contribution in [3.8, 4) is 24.2 Å². The number of ether oxygens (including phenoxy) is 1. The van der Waals surface area contributed by atoms with Crippen LogP contribution in [0.25, 0.3) is 11.6 Å². The van der Waals surface area contributed by atoms with Crippen molar-refractivity contribution in [3.05, 3.63) is 60.5 Å². The Labute approximate surface area is 161 Å². The van der Waals surface area contributed by atoms with Gasteiger partial charge < -0.3 is 4.74 Å². The maximum atomic E-state index is 13.3. The highest BCUT2D eigenvalue weighted by Gasteiger charge is 2.09. The molecule has 0 fully saturated rings. The lowest BCUT2D eigenvalue weighted by Gasteiger charge is -2.09. The lowest BCUT2D eigenvalue weighted by molar-refractivity contribution is 0.365. The summed E-state index contributed by atoms with van der Waals surface area (Å²) < 4.78 is 20.6. The Morgan fingerprint density at radius 2 is 1.96 bits per heavy atom. The minimum Gasteiger partial charge on any atom is -0.479 e. The van der Waals surface area contributed by atoms with Crippen molar-refractivity contribution in [2.45, 2.75) is 0 Å². The average Bonchev–Trinajstić information content (AvgIpc) is 2.52. The van der Waals surface area contributed by atoms with Gasteiger partial charge in [-0.15, -0.1) is 6.42 Å². The zero-order valence-electron chi connectivity index (χ0n) is 11.8. The number of hydrogen-bond donors (Lipinski definition) is 0. The molecule has 5 heteroatoms. The van der Waals surface area contributed by atoms with Gasteiger partial charge >= 0.3 is 0 Å². The smallest absolute Gasteiger partial charge is 0.148 e. The summed E-state index contributed by atoms with van der Waals surface area (Å²) in [5, 5.41) is 9.35. The van der Waals surface area contributed by atoms with Gasteiger partial charge in [-0.1, -0.05) is 18.1 Å². The minimum atomic E-state index is -0.370. The van der Waals surface area contributed by atoms with Gasteiger partial charge in [0.15, 0.2) is 0 Å². The van der Waals surface area contributed by atoms with E-state index in [9.17, 15) is 9.65 Å². The largest absolute Gasteiger partial charge is 0.479 e. The summed E-state index contributed by atoms with van der Waals surface area (Å²) in [6.07, 6.45) is 6.94. The summed E-state index contributed by atoms with van der Waals surface area (Å²) in [7, 11) is 0. The molecule has 0 bridgehead atoms. The first-order chi connectivity index (χ1) is 11.0. The van der Waals surface area contributed by atoms with Crippen LogP contribution >= 0.6 is 45.2 Å². The summed E-state index contributed by atoms with van der Waals surface area (Å²) in [5.74, 6) is 2.79. The molecule has 0 saturated carbocycles. The standard InChI is InChI=1S/C18H10FI2NO/c1-2-6-23-18-16(20)8-12(9-17(18)21)7-14(11-22)13-4-3-5-15(19)10-13/h1,3-5,7-10H,6H2/b14-7-. The number of allylic oxidation sites excluding steroid dienone is 1. The molecule has 0 aliphatic heterocycles. The van der Waals surface area contributed by atoms with Gasteiger partial charge in [0.1, 0.15) is 18.2 Å². The lowest BCUT2D eigenvalue weighted by Crippen LogP contribution is -1.98. The zero-order chi connectivity index (χ0) is 16.8.